The van der Waals surface area contributed by atoms with Crippen molar-refractivity contribution in [2.24, 2.45) is 20.0 Å². The van der Waals surface area contributed by atoms with E-state index in [2.05, 4.69) is 5.32 Å². The van der Waals surface area contributed by atoms with Crippen LogP contribution in [0.1, 0.15) is 42.5 Å². The quantitative estimate of drug-likeness (QED) is 0.469. The molecule has 0 bridgehead atoms. The average Bonchev–Trinajstić information content (AvgIpc) is 3.39. The number of likely N-dealkylation sites (tertiary alicyclic amines) is 1. The molecule has 4 aromatic rings. The van der Waals surface area contributed by atoms with Crippen molar-refractivity contribution in [3.05, 3.63) is 76.7 Å². The van der Waals surface area contributed by atoms with E-state index in [9.17, 15) is 14.4 Å². The van der Waals surface area contributed by atoms with Gasteiger partial charge in [0.15, 0.2) is 0 Å². The van der Waals surface area contributed by atoms with Crippen LogP contribution in [0.5, 0.6) is 0 Å². The number of anilines is 1. The summed E-state index contributed by atoms with van der Waals surface area (Å²) >= 11 is 0. The highest BCUT2D eigenvalue weighted by molar-refractivity contribution is 6.04. The molecule has 1 N–H and O–H groups in total. The molecule has 2 aliphatic rings. The molecule has 7 heteroatoms. The summed E-state index contributed by atoms with van der Waals surface area (Å²) in [5.41, 5.74) is 2.70. The highest BCUT2D eigenvalue weighted by Crippen LogP contribution is 2.41. The molecule has 36 heavy (non-hydrogen) atoms. The van der Waals surface area contributed by atoms with Crippen molar-refractivity contribution in [3.63, 3.8) is 0 Å². The number of imidazole rings is 1. The number of benzene rings is 3. The van der Waals surface area contributed by atoms with Gasteiger partial charge in [0.1, 0.15) is 6.04 Å². The van der Waals surface area contributed by atoms with Crippen molar-refractivity contribution >= 4 is 39.3 Å². The summed E-state index contributed by atoms with van der Waals surface area (Å²) in [6.07, 6.45) is 4.89. The summed E-state index contributed by atoms with van der Waals surface area (Å²) in [7, 11) is 3.46. The lowest BCUT2D eigenvalue weighted by Gasteiger charge is -2.33. The molecular formula is C29H30N4O3. The first-order valence-corrected chi connectivity index (χ1v) is 12.7. The number of aryl methyl sites for hydroxylation is 2. The number of carbonyl (C=O) groups is 2. The predicted octanol–water partition coefficient (Wildman–Crippen LogP) is 4.44. The zero-order valence-electron chi connectivity index (χ0n) is 20.6. The molecule has 3 atom stereocenters. The van der Waals surface area contributed by atoms with Crippen LogP contribution in [0.4, 0.5) is 5.69 Å². The van der Waals surface area contributed by atoms with Crippen molar-refractivity contribution in [1.82, 2.24) is 14.0 Å². The number of hydrogen-bond donors (Lipinski definition) is 1. The molecule has 1 saturated heterocycles. The summed E-state index contributed by atoms with van der Waals surface area (Å²) in [6.45, 7) is 0. The fourth-order valence-electron chi connectivity index (χ4n) is 6.27. The van der Waals surface area contributed by atoms with Gasteiger partial charge in [0.25, 0.3) is 5.91 Å². The smallest absolute Gasteiger partial charge is 0.324 e. The van der Waals surface area contributed by atoms with Crippen LogP contribution >= 0.6 is 0 Å². The van der Waals surface area contributed by atoms with E-state index >= 15 is 0 Å². The monoisotopic (exact) mass is 482 g/mol. The van der Waals surface area contributed by atoms with Gasteiger partial charge in [0.05, 0.1) is 11.0 Å². The van der Waals surface area contributed by atoms with Gasteiger partial charge in [-0.25, -0.2) is 4.79 Å². The number of amides is 2. The second kappa shape index (κ2) is 8.66. The molecule has 2 fully saturated rings. The van der Waals surface area contributed by atoms with Gasteiger partial charge in [-0.2, -0.15) is 0 Å². The second-order valence-corrected chi connectivity index (χ2v) is 10.2. The van der Waals surface area contributed by atoms with Crippen LogP contribution in [-0.4, -0.2) is 37.9 Å². The summed E-state index contributed by atoms with van der Waals surface area (Å²) in [5, 5.41) is 5.16. The predicted molar refractivity (Wildman–Crippen MR) is 141 cm³/mol. The first kappa shape index (κ1) is 22.6. The minimum Gasteiger partial charge on any atom is -0.324 e. The van der Waals surface area contributed by atoms with Gasteiger partial charge in [-0.15, -0.1) is 0 Å². The standard InChI is InChI=1S/C29H30N4O3/c1-31-24-14-13-22(17-25(24)32(2)29(31)36)30-27(34)26-16-20-9-5-6-10-23(20)33(26)28(35)21-12-11-18-7-3-4-8-19(18)15-21/h3-4,7-8,11-15,17,20,23,26H,5-6,9-10,16H2,1-2H3,(H,30,34)/t20-,23-,26-/m0/s1. The van der Waals surface area contributed by atoms with Crippen molar-refractivity contribution in [2.75, 3.05) is 5.32 Å². The maximum absolute atomic E-state index is 13.9. The van der Waals surface area contributed by atoms with Gasteiger partial charge in [-0.3, -0.25) is 18.7 Å². The van der Waals surface area contributed by atoms with Crippen molar-refractivity contribution in [3.8, 4) is 0 Å². The van der Waals surface area contributed by atoms with Gasteiger partial charge in [0, 0.05) is 31.4 Å². The van der Waals surface area contributed by atoms with Crippen LogP contribution in [-0.2, 0) is 18.9 Å². The molecule has 1 aliphatic carbocycles. The Morgan fingerprint density at radius 3 is 2.44 bits per heavy atom. The fraction of sp³-hybridized carbons (Fsp3) is 0.345. The second-order valence-electron chi connectivity index (χ2n) is 10.2. The van der Waals surface area contributed by atoms with Crippen molar-refractivity contribution in [1.29, 1.82) is 0 Å². The van der Waals surface area contributed by atoms with Crippen LogP contribution in [0.2, 0.25) is 0 Å². The number of nitrogens with one attached hydrogen (secondary N) is 1. The molecule has 7 nitrogen and oxygen atoms in total. The van der Waals surface area contributed by atoms with Crippen LogP contribution in [0.25, 0.3) is 21.8 Å². The number of aromatic nitrogens is 2. The fourth-order valence-corrected chi connectivity index (χ4v) is 6.27. The van der Waals surface area contributed by atoms with Gasteiger partial charge in [-0.1, -0.05) is 43.2 Å². The van der Waals surface area contributed by atoms with Crippen LogP contribution in [0.15, 0.2) is 65.5 Å². The molecule has 2 amide bonds. The third-order valence-corrected chi connectivity index (χ3v) is 8.16. The summed E-state index contributed by atoms with van der Waals surface area (Å²) in [5.74, 6) is 0.103. The summed E-state index contributed by atoms with van der Waals surface area (Å²) in [4.78, 5) is 41.7. The minimum atomic E-state index is -0.521. The lowest BCUT2D eigenvalue weighted by Crippen LogP contribution is -2.47. The number of fused-ring (bicyclic) bond motifs is 3. The number of nitrogens with zero attached hydrogens (tertiary/aromatic N) is 3. The maximum Gasteiger partial charge on any atom is 0.328 e. The van der Waals surface area contributed by atoms with Crippen LogP contribution < -0.4 is 11.0 Å². The SMILES string of the molecule is Cn1c(=O)n(C)c2cc(NC(=O)[C@@H]3C[C@@H]4CCCC[C@@H]4N3C(=O)c3ccc4ccccc4c3)ccc21. The van der Waals surface area contributed by atoms with Gasteiger partial charge in [-0.05, 0) is 66.3 Å². The number of rotatable bonds is 3. The lowest BCUT2D eigenvalue weighted by atomic mass is 9.84. The van der Waals surface area contributed by atoms with E-state index < -0.39 is 6.04 Å². The molecule has 0 radical (unpaired) electrons. The minimum absolute atomic E-state index is 0.0730. The van der Waals surface area contributed by atoms with E-state index in [0.29, 0.717) is 23.6 Å². The highest BCUT2D eigenvalue weighted by Gasteiger charge is 2.47. The Morgan fingerprint density at radius 2 is 1.61 bits per heavy atom. The Balaban J connectivity index is 1.32. The Kier molecular flexibility index (Phi) is 5.43. The molecule has 184 valence electrons. The topological polar surface area (TPSA) is 76.3 Å². The van der Waals surface area contributed by atoms with Crippen molar-refractivity contribution in [2.45, 2.75) is 44.2 Å². The molecule has 0 spiro atoms. The van der Waals surface area contributed by atoms with Gasteiger partial charge in [0.2, 0.25) is 5.91 Å². The van der Waals surface area contributed by atoms with Gasteiger partial charge >= 0.3 is 5.69 Å². The lowest BCUT2D eigenvalue weighted by molar-refractivity contribution is -0.120. The molecule has 3 aromatic carbocycles. The van der Waals surface area contributed by atoms with E-state index in [-0.39, 0.29) is 23.5 Å². The number of hydrogen-bond acceptors (Lipinski definition) is 3. The normalized spacial score (nSPS) is 21.6. The molecule has 1 aromatic heterocycles. The number of carbonyl (C=O) groups excluding carboxylic acids is 2. The van der Waals surface area contributed by atoms with Crippen LogP contribution in [0, 0.1) is 5.92 Å². The zero-order valence-corrected chi connectivity index (χ0v) is 20.6. The van der Waals surface area contributed by atoms with E-state index in [1.165, 1.54) is 0 Å². The Bertz CT molecular complexity index is 1570. The Morgan fingerprint density at radius 1 is 0.861 bits per heavy atom. The zero-order chi connectivity index (χ0) is 25.0. The first-order valence-electron chi connectivity index (χ1n) is 12.7. The molecule has 2 heterocycles. The molecule has 1 aliphatic heterocycles. The van der Waals surface area contributed by atoms with Crippen LogP contribution in [0.3, 0.4) is 0 Å². The average molecular weight is 483 g/mol. The van der Waals surface area contributed by atoms with E-state index in [0.717, 1.165) is 47.5 Å². The molecule has 1 saturated carbocycles. The Labute approximate surface area is 209 Å². The summed E-state index contributed by atoms with van der Waals surface area (Å²) in [6, 6.07) is 18.8. The van der Waals surface area contributed by atoms with Gasteiger partial charge < -0.3 is 10.2 Å². The maximum atomic E-state index is 13.9. The van der Waals surface area contributed by atoms with E-state index in [1.54, 1.807) is 23.2 Å². The largest absolute Gasteiger partial charge is 0.328 e. The van der Waals surface area contributed by atoms with E-state index in [4.69, 9.17) is 0 Å². The molecule has 0 unspecified atom stereocenters. The van der Waals surface area contributed by atoms with E-state index in [1.807, 2.05) is 65.6 Å². The third kappa shape index (κ3) is 3.61. The highest BCUT2D eigenvalue weighted by atomic mass is 16.2. The van der Waals surface area contributed by atoms with Crippen molar-refractivity contribution < 1.29 is 9.59 Å². The molecule has 6 rings (SSSR count). The first-order chi connectivity index (χ1) is 17.4. The third-order valence-electron chi connectivity index (χ3n) is 8.16. The summed E-state index contributed by atoms with van der Waals surface area (Å²) < 4.78 is 3.16. The molecular weight excluding hydrogens is 452 g/mol. The Hall–Kier alpha value is -3.87.